The van der Waals surface area contributed by atoms with Crippen LogP contribution in [0.2, 0.25) is 0 Å². The Morgan fingerprint density at radius 2 is 2.22 bits per heavy atom. The average molecular weight is 258 g/mol. The fraction of sp³-hybridized carbons (Fsp3) is 1.00. The highest BCUT2D eigenvalue weighted by molar-refractivity contribution is 4.80. The molecule has 2 N–H and O–H groups in total. The van der Waals surface area contributed by atoms with Gasteiger partial charge in [0.2, 0.25) is 0 Å². The molecule has 1 heterocycles. The number of aliphatic hydroxyl groups excluding tert-OH is 1. The van der Waals surface area contributed by atoms with Crippen LogP contribution in [-0.4, -0.2) is 62.0 Å². The zero-order valence-electron chi connectivity index (χ0n) is 12.2. The minimum atomic E-state index is -0.137. The van der Waals surface area contributed by atoms with Gasteiger partial charge in [-0.3, -0.25) is 0 Å². The zero-order valence-corrected chi connectivity index (χ0v) is 12.2. The van der Waals surface area contributed by atoms with Crippen LogP contribution in [0.5, 0.6) is 0 Å². The molecule has 4 nitrogen and oxygen atoms in total. The van der Waals surface area contributed by atoms with Crippen molar-refractivity contribution in [3.8, 4) is 0 Å². The van der Waals surface area contributed by atoms with Crippen LogP contribution < -0.4 is 5.32 Å². The quantitative estimate of drug-likeness (QED) is 0.687. The Bertz CT molecular complexity index is 214. The van der Waals surface area contributed by atoms with E-state index in [1.165, 1.54) is 19.3 Å². The Morgan fingerprint density at radius 3 is 2.78 bits per heavy atom. The molecule has 108 valence electrons. The summed E-state index contributed by atoms with van der Waals surface area (Å²) in [6, 6.07) is 0. The SMILES string of the molecule is CNC(C)(CO)CCCN(C)CC1CCCCO1. The monoisotopic (exact) mass is 258 g/mol. The highest BCUT2D eigenvalue weighted by Crippen LogP contribution is 2.15. The molecular weight excluding hydrogens is 228 g/mol. The van der Waals surface area contributed by atoms with Crippen molar-refractivity contribution >= 4 is 0 Å². The molecule has 0 aliphatic carbocycles. The van der Waals surface area contributed by atoms with Crippen molar-refractivity contribution in [2.75, 3.05) is 40.4 Å². The molecular formula is C14H30N2O2. The van der Waals surface area contributed by atoms with Crippen LogP contribution in [0.1, 0.15) is 39.0 Å². The van der Waals surface area contributed by atoms with E-state index in [1.54, 1.807) is 0 Å². The van der Waals surface area contributed by atoms with Gasteiger partial charge in [-0.1, -0.05) is 0 Å². The second-order valence-corrected chi connectivity index (χ2v) is 5.82. The summed E-state index contributed by atoms with van der Waals surface area (Å²) in [6.07, 6.45) is 6.25. The lowest BCUT2D eigenvalue weighted by molar-refractivity contribution is -0.00192. The van der Waals surface area contributed by atoms with Crippen molar-refractivity contribution in [1.29, 1.82) is 0 Å². The largest absolute Gasteiger partial charge is 0.394 e. The molecule has 0 aromatic carbocycles. The predicted octanol–water partition coefficient (Wildman–Crippen LogP) is 1.24. The summed E-state index contributed by atoms with van der Waals surface area (Å²) in [5.41, 5.74) is -0.137. The molecule has 0 radical (unpaired) electrons. The van der Waals surface area contributed by atoms with Gasteiger partial charge in [0.05, 0.1) is 12.7 Å². The van der Waals surface area contributed by atoms with Gasteiger partial charge >= 0.3 is 0 Å². The number of nitrogens with one attached hydrogen (secondary N) is 1. The third-order valence-electron chi connectivity index (χ3n) is 4.01. The van der Waals surface area contributed by atoms with Gasteiger partial charge in [-0.05, 0) is 59.7 Å². The highest BCUT2D eigenvalue weighted by Gasteiger charge is 2.21. The molecule has 2 atom stereocenters. The lowest BCUT2D eigenvalue weighted by Crippen LogP contribution is -2.44. The van der Waals surface area contributed by atoms with Crippen LogP contribution in [0.25, 0.3) is 0 Å². The number of aliphatic hydroxyl groups is 1. The van der Waals surface area contributed by atoms with E-state index in [-0.39, 0.29) is 12.1 Å². The van der Waals surface area contributed by atoms with Crippen molar-refractivity contribution in [3.05, 3.63) is 0 Å². The molecule has 1 aliphatic rings. The lowest BCUT2D eigenvalue weighted by atomic mass is 9.97. The molecule has 4 heteroatoms. The van der Waals surface area contributed by atoms with Crippen LogP contribution in [0, 0.1) is 0 Å². The van der Waals surface area contributed by atoms with Crippen molar-refractivity contribution in [2.24, 2.45) is 0 Å². The highest BCUT2D eigenvalue weighted by atomic mass is 16.5. The zero-order chi connectivity index (χ0) is 13.4. The molecule has 0 spiro atoms. The first kappa shape index (κ1) is 15.9. The molecule has 1 aliphatic heterocycles. The van der Waals surface area contributed by atoms with Crippen molar-refractivity contribution in [2.45, 2.75) is 50.7 Å². The maximum absolute atomic E-state index is 9.32. The second-order valence-electron chi connectivity index (χ2n) is 5.82. The number of rotatable bonds is 8. The third kappa shape index (κ3) is 5.65. The van der Waals surface area contributed by atoms with Crippen LogP contribution in [0.4, 0.5) is 0 Å². The minimum Gasteiger partial charge on any atom is -0.394 e. The second kappa shape index (κ2) is 8.10. The van der Waals surface area contributed by atoms with E-state index < -0.39 is 0 Å². The minimum absolute atomic E-state index is 0.137. The van der Waals surface area contributed by atoms with E-state index in [0.717, 1.165) is 32.5 Å². The number of likely N-dealkylation sites (N-methyl/N-ethyl adjacent to an activating group) is 2. The number of ether oxygens (including phenoxy) is 1. The van der Waals surface area contributed by atoms with Crippen LogP contribution >= 0.6 is 0 Å². The first-order chi connectivity index (χ1) is 8.59. The summed E-state index contributed by atoms with van der Waals surface area (Å²) in [5.74, 6) is 0. The Morgan fingerprint density at radius 1 is 1.44 bits per heavy atom. The number of hydrogen-bond donors (Lipinski definition) is 2. The van der Waals surface area contributed by atoms with E-state index in [2.05, 4.69) is 24.2 Å². The van der Waals surface area contributed by atoms with Crippen LogP contribution in [0.15, 0.2) is 0 Å². The van der Waals surface area contributed by atoms with Gasteiger partial charge in [0.15, 0.2) is 0 Å². The lowest BCUT2D eigenvalue weighted by Gasteiger charge is -2.30. The first-order valence-electron chi connectivity index (χ1n) is 7.19. The first-order valence-corrected chi connectivity index (χ1v) is 7.19. The van der Waals surface area contributed by atoms with E-state index in [0.29, 0.717) is 6.10 Å². The van der Waals surface area contributed by atoms with Crippen LogP contribution in [-0.2, 0) is 4.74 Å². The molecule has 1 saturated heterocycles. The summed E-state index contributed by atoms with van der Waals surface area (Å²) in [7, 11) is 4.07. The topological polar surface area (TPSA) is 44.7 Å². The maximum Gasteiger partial charge on any atom is 0.0701 e. The molecule has 0 amide bonds. The fourth-order valence-electron chi connectivity index (χ4n) is 2.41. The van der Waals surface area contributed by atoms with E-state index >= 15 is 0 Å². The molecule has 2 unspecified atom stereocenters. The normalized spacial score (nSPS) is 24.2. The van der Waals surface area contributed by atoms with Crippen LogP contribution in [0.3, 0.4) is 0 Å². The Labute approximate surface area is 112 Å². The summed E-state index contributed by atoms with van der Waals surface area (Å²) < 4.78 is 5.74. The number of hydrogen-bond acceptors (Lipinski definition) is 4. The van der Waals surface area contributed by atoms with Gasteiger partial charge in [-0.25, -0.2) is 0 Å². The van der Waals surface area contributed by atoms with E-state index in [1.807, 2.05) is 7.05 Å². The molecule has 0 aromatic rings. The molecule has 0 saturated carbocycles. The fourth-order valence-corrected chi connectivity index (χ4v) is 2.41. The smallest absolute Gasteiger partial charge is 0.0701 e. The van der Waals surface area contributed by atoms with Gasteiger partial charge < -0.3 is 20.1 Å². The van der Waals surface area contributed by atoms with Gasteiger partial charge in [-0.2, -0.15) is 0 Å². The third-order valence-corrected chi connectivity index (χ3v) is 4.01. The standard InChI is InChI=1S/C14H30N2O2/c1-14(12-17,15-2)8-6-9-16(3)11-13-7-4-5-10-18-13/h13,15,17H,4-12H2,1-3H3. The molecule has 18 heavy (non-hydrogen) atoms. The molecule has 0 aromatic heterocycles. The Kier molecular flexibility index (Phi) is 7.15. The number of nitrogens with zero attached hydrogens (tertiary/aromatic N) is 1. The van der Waals surface area contributed by atoms with Crippen molar-refractivity contribution in [1.82, 2.24) is 10.2 Å². The van der Waals surface area contributed by atoms with Gasteiger partial charge in [0.25, 0.3) is 0 Å². The Balaban J connectivity index is 2.14. The molecule has 1 fully saturated rings. The molecule has 0 bridgehead atoms. The maximum atomic E-state index is 9.32. The van der Waals surface area contributed by atoms with Gasteiger partial charge in [0, 0.05) is 18.7 Å². The van der Waals surface area contributed by atoms with Gasteiger partial charge in [0.1, 0.15) is 0 Å². The average Bonchev–Trinajstić information content (AvgIpc) is 2.39. The summed E-state index contributed by atoms with van der Waals surface area (Å²) >= 11 is 0. The van der Waals surface area contributed by atoms with Crippen molar-refractivity contribution in [3.63, 3.8) is 0 Å². The summed E-state index contributed by atoms with van der Waals surface area (Å²) in [6.45, 7) is 5.30. The van der Waals surface area contributed by atoms with Gasteiger partial charge in [-0.15, -0.1) is 0 Å². The van der Waals surface area contributed by atoms with E-state index in [9.17, 15) is 5.11 Å². The summed E-state index contributed by atoms with van der Waals surface area (Å²) in [5, 5.41) is 12.5. The predicted molar refractivity (Wildman–Crippen MR) is 74.9 cm³/mol. The Hall–Kier alpha value is -0.160. The molecule has 1 rings (SSSR count). The van der Waals surface area contributed by atoms with Crippen molar-refractivity contribution < 1.29 is 9.84 Å². The summed E-state index contributed by atoms with van der Waals surface area (Å²) in [4.78, 5) is 2.35. The van der Waals surface area contributed by atoms with E-state index in [4.69, 9.17) is 4.74 Å².